The molecule has 1 aliphatic heterocycles. The molecule has 0 radical (unpaired) electrons. The van der Waals surface area contributed by atoms with Crippen molar-refractivity contribution in [2.45, 2.75) is 25.4 Å². The highest BCUT2D eigenvalue weighted by atomic mass is 19.4. The summed E-state index contributed by atoms with van der Waals surface area (Å²) in [4.78, 5) is 10.4. The number of hydrogen-bond acceptors (Lipinski definition) is 4. The van der Waals surface area contributed by atoms with Gasteiger partial charge in [-0.2, -0.15) is 13.2 Å². The molecule has 0 N–H and O–H groups in total. The standard InChI is InChI=1S/C11H10F4N2O3/c1-6-5-20-10(11(13,14)15)16(6)9-3-2-7(17(18)19)4-8(9)12/h2-4,6,10H,5H2,1H3. The Kier molecular flexibility index (Phi) is 3.55. The quantitative estimate of drug-likeness (QED) is 0.478. The molecule has 1 aromatic carbocycles. The van der Waals surface area contributed by atoms with Gasteiger partial charge in [-0.25, -0.2) is 4.39 Å². The molecule has 0 saturated carbocycles. The zero-order valence-corrected chi connectivity index (χ0v) is 10.2. The Hall–Kier alpha value is -1.90. The van der Waals surface area contributed by atoms with E-state index >= 15 is 0 Å². The molecule has 0 aliphatic carbocycles. The van der Waals surface area contributed by atoms with Crippen molar-refractivity contribution in [1.29, 1.82) is 0 Å². The van der Waals surface area contributed by atoms with Gasteiger partial charge in [0.05, 0.1) is 29.3 Å². The van der Waals surface area contributed by atoms with E-state index in [9.17, 15) is 27.7 Å². The fraction of sp³-hybridized carbons (Fsp3) is 0.455. The lowest BCUT2D eigenvalue weighted by Crippen LogP contribution is -2.45. The summed E-state index contributed by atoms with van der Waals surface area (Å²) >= 11 is 0. The van der Waals surface area contributed by atoms with E-state index in [-0.39, 0.29) is 12.3 Å². The first-order valence-electron chi connectivity index (χ1n) is 5.62. The molecule has 1 aliphatic rings. The molecule has 1 saturated heterocycles. The second-order valence-electron chi connectivity index (χ2n) is 4.38. The number of anilines is 1. The van der Waals surface area contributed by atoms with E-state index in [0.29, 0.717) is 6.07 Å². The number of ether oxygens (including phenoxy) is 1. The molecule has 110 valence electrons. The van der Waals surface area contributed by atoms with E-state index < -0.39 is 34.9 Å². The van der Waals surface area contributed by atoms with Crippen LogP contribution >= 0.6 is 0 Å². The third kappa shape index (κ3) is 2.53. The zero-order chi connectivity index (χ0) is 15.1. The van der Waals surface area contributed by atoms with Crippen LogP contribution in [-0.2, 0) is 4.74 Å². The van der Waals surface area contributed by atoms with Crippen molar-refractivity contribution in [3.05, 3.63) is 34.1 Å². The lowest BCUT2D eigenvalue weighted by molar-refractivity contribution is -0.385. The molecule has 2 rings (SSSR count). The average molecular weight is 294 g/mol. The van der Waals surface area contributed by atoms with Crippen molar-refractivity contribution < 1.29 is 27.2 Å². The Bertz CT molecular complexity index is 535. The number of nitro benzene ring substituents is 1. The third-order valence-electron chi connectivity index (χ3n) is 2.92. The number of rotatable bonds is 2. The molecule has 1 fully saturated rings. The van der Waals surface area contributed by atoms with Gasteiger partial charge in [0.2, 0.25) is 6.23 Å². The van der Waals surface area contributed by atoms with Crippen molar-refractivity contribution in [3.8, 4) is 0 Å². The van der Waals surface area contributed by atoms with Crippen molar-refractivity contribution in [3.63, 3.8) is 0 Å². The van der Waals surface area contributed by atoms with E-state index in [0.717, 1.165) is 17.0 Å². The Morgan fingerprint density at radius 2 is 2.10 bits per heavy atom. The van der Waals surface area contributed by atoms with Crippen LogP contribution < -0.4 is 4.90 Å². The second kappa shape index (κ2) is 4.89. The van der Waals surface area contributed by atoms with Gasteiger partial charge in [-0.3, -0.25) is 10.1 Å². The molecule has 20 heavy (non-hydrogen) atoms. The van der Waals surface area contributed by atoms with Gasteiger partial charge >= 0.3 is 6.18 Å². The van der Waals surface area contributed by atoms with Gasteiger partial charge in [-0.1, -0.05) is 0 Å². The molecule has 0 amide bonds. The summed E-state index contributed by atoms with van der Waals surface area (Å²) in [6, 6.07) is 1.81. The Morgan fingerprint density at radius 1 is 1.45 bits per heavy atom. The lowest BCUT2D eigenvalue weighted by Gasteiger charge is -2.29. The monoisotopic (exact) mass is 294 g/mol. The number of halogens is 4. The Morgan fingerprint density at radius 3 is 2.60 bits per heavy atom. The SMILES string of the molecule is CC1COC(C(F)(F)F)N1c1ccc([N+](=O)[O-])cc1F. The fourth-order valence-corrected chi connectivity index (χ4v) is 2.06. The van der Waals surface area contributed by atoms with E-state index in [1.807, 2.05) is 0 Å². The van der Waals surface area contributed by atoms with Crippen molar-refractivity contribution in [2.24, 2.45) is 0 Å². The van der Waals surface area contributed by atoms with Gasteiger partial charge in [-0.15, -0.1) is 0 Å². The van der Waals surface area contributed by atoms with Crippen LogP contribution in [0.25, 0.3) is 0 Å². The van der Waals surface area contributed by atoms with E-state index in [2.05, 4.69) is 4.74 Å². The minimum atomic E-state index is -4.68. The van der Waals surface area contributed by atoms with Gasteiger partial charge in [0.25, 0.3) is 5.69 Å². The molecule has 1 heterocycles. The smallest absolute Gasteiger partial charge is 0.348 e. The first-order chi connectivity index (χ1) is 9.21. The summed E-state index contributed by atoms with van der Waals surface area (Å²) in [6.45, 7) is 1.24. The molecule has 0 aromatic heterocycles. The van der Waals surface area contributed by atoms with E-state index in [4.69, 9.17) is 0 Å². The maximum absolute atomic E-state index is 13.8. The summed E-state index contributed by atoms with van der Waals surface area (Å²) in [6.07, 6.45) is -6.94. The van der Waals surface area contributed by atoms with E-state index in [1.165, 1.54) is 6.92 Å². The molecule has 5 nitrogen and oxygen atoms in total. The first kappa shape index (κ1) is 14.5. The largest absolute Gasteiger partial charge is 0.433 e. The number of nitrogens with zero attached hydrogens (tertiary/aromatic N) is 2. The Balaban J connectivity index is 2.41. The second-order valence-corrected chi connectivity index (χ2v) is 4.38. The van der Waals surface area contributed by atoms with Gasteiger partial charge in [-0.05, 0) is 13.0 Å². The lowest BCUT2D eigenvalue weighted by atomic mass is 10.2. The number of benzene rings is 1. The topological polar surface area (TPSA) is 55.6 Å². The molecular formula is C11H10F4N2O3. The van der Waals surface area contributed by atoms with E-state index in [1.54, 1.807) is 0 Å². The van der Waals surface area contributed by atoms with Crippen LogP contribution in [0.5, 0.6) is 0 Å². The number of alkyl halides is 3. The highest BCUT2D eigenvalue weighted by Gasteiger charge is 2.50. The van der Waals surface area contributed by atoms with Crippen LogP contribution in [0.4, 0.5) is 28.9 Å². The molecule has 1 aromatic rings. The molecular weight excluding hydrogens is 284 g/mol. The van der Waals surface area contributed by atoms with Crippen LogP contribution in [0.15, 0.2) is 18.2 Å². The zero-order valence-electron chi connectivity index (χ0n) is 10.2. The predicted molar refractivity (Wildman–Crippen MR) is 60.8 cm³/mol. The van der Waals surface area contributed by atoms with Gasteiger partial charge < -0.3 is 9.64 Å². The predicted octanol–water partition coefficient (Wildman–Crippen LogP) is 2.85. The van der Waals surface area contributed by atoms with Crippen molar-refractivity contribution in [2.75, 3.05) is 11.5 Å². The molecule has 0 bridgehead atoms. The molecule has 9 heteroatoms. The van der Waals surface area contributed by atoms with Gasteiger partial charge in [0.15, 0.2) is 5.82 Å². The summed E-state index contributed by atoms with van der Waals surface area (Å²) in [5.74, 6) is -1.09. The minimum absolute atomic E-state index is 0.208. The summed E-state index contributed by atoms with van der Waals surface area (Å²) in [7, 11) is 0. The Labute approximate surface area is 110 Å². The van der Waals surface area contributed by atoms with Crippen molar-refractivity contribution in [1.82, 2.24) is 0 Å². The highest BCUT2D eigenvalue weighted by Crippen LogP contribution is 2.37. The van der Waals surface area contributed by atoms with Crippen LogP contribution in [0.2, 0.25) is 0 Å². The maximum atomic E-state index is 13.8. The van der Waals surface area contributed by atoms with Crippen LogP contribution in [0.3, 0.4) is 0 Å². The van der Waals surface area contributed by atoms with Gasteiger partial charge in [0, 0.05) is 6.07 Å². The van der Waals surface area contributed by atoms with Crippen molar-refractivity contribution >= 4 is 11.4 Å². The maximum Gasteiger partial charge on any atom is 0.433 e. The average Bonchev–Trinajstić information content (AvgIpc) is 2.70. The molecule has 2 unspecified atom stereocenters. The number of hydrogen-bond donors (Lipinski definition) is 0. The summed E-state index contributed by atoms with van der Waals surface area (Å²) in [5, 5.41) is 10.5. The first-order valence-corrected chi connectivity index (χ1v) is 5.62. The van der Waals surface area contributed by atoms with Crippen LogP contribution in [0.1, 0.15) is 6.92 Å². The molecule has 0 spiro atoms. The number of nitro groups is 1. The summed E-state index contributed by atoms with van der Waals surface area (Å²) < 4.78 is 56.9. The fourth-order valence-electron chi connectivity index (χ4n) is 2.06. The van der Waals surface area contributed by atoms with Gasteiger partial charge in [0.1, 0.15) is 0 Å². The van der Waals surface area contributed by atoms with Crippen LogP contribution in [-0.4, -0.2) is 30.0 Å². The molecule has 2 atom stereocenters. The summed E-state index contributed by atoms with van der Waals surface area (Å²) in [5.41, 5.74) is -0.898. The minimum Gasteiger partial charge on any atom is -0.348 e. The normalized spacial score (nSPS) is 23.1. The third-order valence-corrected chi connectivity index (χ3v) is 2.92. The highest BCUT2D eigenvalue weighted by molar-refractivity contribution is 5.54. The van der Waals surface area contributed by atoms with Crippen LogP contribution in [0, 0.1) is 15.9 Å². The number of non-ortho nitro benzene ring substituents is 1.